The number of methoxy groups -OCH3 is 1. The Morgan fingerprint density at radius 1 is 1.20 bits per heavy atom. The zero-order chi connectivity index (χ0) is 17.6. The van der Waals surface area contributed by atoms with Crippen molar-refractivity contribution in [1.29, 1.82) is 0 Å². The average Bonchev–Trinajstić information content (AvgIpc) is 3.23. The highest BCUT2D eigenvalue weighted by Crippen LogP contribution is 2.60. The lowest BCUT2D eigenvalue weighted by molar-refractivity contribution is 0.0600. The van der Waals surface area contributed by atoms with Gasteiger partial charge in [-0.25, -0.2) is 9.18 Å². The van der Waals surface area contributed by atoms with E-state index in [0.29, 0.717) is 23.0 Å². The zero-order valence-corrected chi connectivity index (χ0v) is 14.2. The van der Waals surface area contributed by atoms with Gasteiger partial charge in [0.05, 0.1) is 12.7 Å². The lowest BCUT2D eigenvalue weighted by Crippen LogP contribution is -2.35. The zero-order valence-electron chi connectivity index (χ0n) is 14.2. The summed E-state index contributed by atoms with van der Waals surface area (Å²) in [5.41, 5.74) is 1.81. The Morgan fingerprint density at radius 2 is 1.96 bits per heavy atom. The van der Waals surface area contributed by atoms with Crippen LogP contribution < -0.4 is 0 Å². The van der Waals surface area contributed by atoms with Crippen molar-refractivity contribution in [2.45, 2.75) is 31.1 Å². The maximum Gasteiger partial charge on any atom is 0.337 e. The number of phenols is 1. The van der Waals surface area contributed by atoms with E-state index in [-0.39, 0.29) is 23.0 Å². The van der Waals surface area contributed by atoms with Crippen LogP contribution in [0.5, 0.6) is 5.75 Å². The number of carbonyl (C=O) groups is 1. The summed E-state index contributed by atoms with van der Waals surface area (Å²) < 4.78 is 19.6. The molecule has 0 saturated heterocycles. The summed E-state index contributed by atoms with van der Waals surface area (Å²) in [5, 5.41) is 9.60. The first kappa shape index (κ1) is 16.1. The molecule has 130 valence electrons. The molecule has 0 spiro atoms. The Balaban J connectivity index is 1.84. The molecule has 3 nitrogen and oxygen atoms in total. The van der Waals surface area contributed by atoms with Crippen LogP contribution in [-0.2, 0) is 10.2 Å². The fourth-order valence-corrected chi connectivity index (χ4v) is 5.06. The second-order valence-corrected chi connectivity index (χ2v) is 7.28. The number of hydrogen-bond donors (Lipinski definition) is 1. The number of phenolic OH excluding ortho intramolecular Hbond substituents is 1. The van der Waals surface area contributed by atoms with Crippen LogP contribution in [0.25, 0.3) is 0 Å². The van der Waals surface area contributed by atoms with E-state index >= 15 is 0 Å². The number of ether oxygens (including phenoxy) is 1. The maximum atomic E-state index is 14.8. The minimum absolute atomic E-state index is 0.0550. The molecule has 0 aromatic heterocycles. The molecular weight excluding hydrogens is 319 g/mol. The molecule has 0 heterocycles. The van der Waals surface area contributed by atoms with Crippen molar-refractivity contribution in [3.63, 3.8) is 0 Å². The molecule has 1 N–H and O–H groups in total. The second-order valence-electron chi connectivity index (χ2n) is 7.28. The molecule has 0 aliphatic heterocycles. The van der Waals surface area contributed by atoms with Crippen LogP contribution in [0.2, 0.25) is 0 Å². The van der Waals surface area contributed by atoms with Crippen LogP contribution in [0.3, 0.4) is 0 Å². The molecule has 3 unspecified atom stereocenters. The highest BCUT2D eigenvalue weighted by molar-refractivity contribution is 5.89. The molecule has 4 rings (SSSR count). The number of hydrogen-bond acceptors (Lipinski definition) is 3. The lowest BCUT2D eigenvalue weighted by atomic mass is 9.64. The van der Waals surface area contributed by atoms with Gasteiger partial charge in [-0.3, -0.25) is 0 Å². The van der Waals surface area contributed by atoms with E-state index in [4.69, 9.17) is 4.74 Å². The third-order valence-corrected chi connectivity index (χ3v) is 6.10. The molecular formula is C21H21FO3. The molecule has 2 aromatic rings. The van der Waals surface area contributed by atoms with Crippen LogP contribution in [0.1, 0.15) is 47.2 Å². The number of aromatic hydroxyl groups is 1. The predicted octanol–water partition coefficient (Wildman–Crippen LogP) is 4.42. The van der Waals surface area contributed by atoms with E-state index in [1.165, 1.54) is 19.6 Å². The molecule has 0 radical (unpaired) electrons. The van der Waals surface area contributed by atoms with Crippen molar-refractivity contribution in [2.24, 2.45) is 11.8 Å². The molecule has 2 aromatic carbocycles. The molecule has 2 saturated carbocycles. The third-order valence-electron chi connectivity index (χ3n) is 6.10. The van der Waals surface area contributed by atoms with Crippen molar-refractivity contribution in [3.05, 3.63) is 65.0 Å². The van der Waals surface area contributed by atoms with Crippen LogP contribution in [0.15, 0.2) is 42.5 Å². The van der Waals surface area contributed by atoms with Gasteiger partial charge in [0.2, 0.25) is 0 Å². The number of rotatable bonds is 3. The van der Waals surface area contributed by atoms with E-state index < -0.39 is 0 Å². The van der Waals surface area contributed by atoms with Crippen LogP contribution >= 0.6 is 0 Å². The minimum Gasteiger partial charge on any atom is -0.508 e. The number of fused-ring (bicyclic) bond motifs is 2. The normalized spacial score (nSPS) is 27.4. The van der Waals surface area contributed by atoms with Gasteiger partial charge in [-0.2, -0.15) is 0 Å². The summed E-state index contributed by atoms with van der Waals surface area (Å²) in [4.78, 5) is 11.7. The topological polar surface area (TPSA) is 46.5 Å². The Bertz CT molecular complexity index is 814. The van der Waals surface area contributed by atoms with E-state index in [0.717, 1.165) is 24.8 Å². The fraction of sp³-hybridized carbons (Fsp3) is 0.381. The Kier molecular flexibility index (Phi) is 3.78. The maximum absolute atomic E-state index is 14.8. The summed E-state index contributed by atoms with van der Waals surface area (Å²) in [6.07, 6.45) is 4.31. The van der Waals surface area contributed by atoms with E-state index in [2.05, 4.69) is 0 Å². The van der Waals surface area contributed by atoms with Crippen LogP contribution in [0, 0.1) is 17.7 Å². The molecule has 4 heteroatoms. The van der Waals surface area contributed by atoms with Gasteiger partial charge in [0.25, 0.3) is 0 Å². The first-order valence-electron chi connectivity index (χ1n) is 8.72. The minimum atomic E-state index is -0.380. The van der Waals surface area contributed by atoms with Gasteiger partial charge < -0.3 is 9.84 Å². The van der Waals surface area contributed by atoms with Gasteiger partial charge in [-0.05, 0) is 60.4 Å². The van der Waals surface area contributed by atoms with Gasteiger partial charge in [-0.15, -0.1) is 0 Å². The van der Waals surface area contributed by atoms with Gasteiger partial charge in [0.15, 0.2) is 0 Å². The molecule has 2 fully saturated rings. The monoisotopic (exact) mass is 340 g/mol. The van der Waals surface area contributed by atoms with Crippen LogP contribution in [-0.4, -0.2) is 18.2 Å². The number of halogens is 1. The number of carbonyl (C=O) groups excluding carboxylic acids is 1. The highest BCUT2D eigenvalue weighted by atomic mass is 19.1. The summed E-state index contributed by atoms with van der Waals surface area (Å²) in [6.45, 7) is 0. The standard InChI is InChI=1S/C21H21FO3/c1-25-20(24)14-3-6-15(7-4-14)21(12-13-2-5-16(21)10-13)18-9-8-17(23)11-19(18)22/h3-4,6-9,11,13,16,23H,2,5,10,12H2,1H3. The first-order valence-corrected chi connectivity index (χ1v) is 8.72. The van der Waals surface area contributed by atoms with E-state index in [9.17, 15) is 14.3 Å². The molecule has 25 heavy (non-hydrogen) atoms. The first-order chi connectivity index (χ1) is 12.0. The molecule has 2 bridgehead atoms. The summed E-state index contributed by atoms with van der Waals surface area (Å²) in [7, 11) is 1.36. The lowest BCUT2D eigenvalue weighted by Gasteiger charge is -2.39. The van der Waals surface area contributed by atoms with Gasteiger partial charge >= 0.3 is 5.97 Å². The quantitative estimate of drug-likeness (QED) is 0.841. The van der Waals surface area contributed by atoms with Crippen LogP contribution in [0.4, 0.5) is 4.39 Å². The number of esters is 1. The average molecular weight is 340 g/mol. The SMILES string of the molecule is COC(=O)c1ccc(C2(c3ccc(O)cc3F)CC3CCC2C3)cc1. The van der Waals surface area contributed by atoms with Gasteiger partial charge in [0, 0.05) is 11.5 Å². The van der Waals surface area contributed by atoms with E-state index in [1.54, 1.807) is 24.3 Å². The van der Waals surface area contributed by atoms with Crippen molar-refractivity contribution in [2.75, 3.05) is 7.11 Å². The Morgan fingerprint density at radius 3 is 2.52 bits per heavy atom. The summed E-state index contributed by atoms with van der Waals surface area (Å²) in [5.74, 6) is 0.216. The predicted molar refractivity (Wildman–Crippen MR) is 92.1 cm³/mol. The molecule has 3 atom stereocenters. The van der Waals surface area contributed by atoms with Crippen molar-refractivity contribution < 1.29 is 19.0 Å². The van der Waals surface area contributed by atoms with Gasteiger partial charge in [-0.1, -0.05) is 24.6 Å². The molecule has 2 aliphatic rings. The third kappa shape index (κ3) is 2.43. The Hall–Kier alpha value is -2.36. The molecule has 0 amide bonds. The van der Waals surface area contributed by atoms with Crippen molar-refractivity contribution >= 4 is 5.97 Å². The van der Waals surface area contributed by atoms with Gasteiger partial charge in [0.1, 0.15) is 11.6 Å². The summed E-state index contributed by atoms with van der Waals surface area (Å²) in [6, 6.07) is 11.9. The second kappa shape index (κ2) is 5.87. The largest absolute Gasteiger partial charge is 0.508 e. The highest BCUT2D eigenvalue weighted by Gasteiger charge is 2.53. The molecule has 2 aliphatic carbocycles. The Labute approximate surface area is 146 Å². The smallest absolute Gasteiger partial charge is 0.337 e. The number of benzene rings is 2. The summed E-state index contributed by atoms with van der Waals surface area (Å²) >= 11 is 0. The van der Waals surface area contributed by atoms with Crippen molar-refractivity contribution in [1.82, 2.24) is 0 Å². The fourth-order valence-electron chi connectivity index (χ4n) is 5.06. The van der Waals surface area contributed by atoms with E-state index in [1.807, 2.05) is 12.1 Å². The van der Waals surface area contributed by atoms with Crippen molar-refractivity contribution in [3.8, 4) is 5.75 Å².